The van der Waals surface area contributed by atoms with Crippen LogP contribution >= 0.6 is 24.0 Å². The second-order valence-electron chi connectivity index (χ2n) is 5.82. The first-order valence-electron chi connectivity index (χ1n) is 8.15. The zero-order valence-corrected chi connectivity index (χ0v) is 17.5. The molecule has 1 heterocycles. The number of hydrogen-bond acceptors (Lipinski definition) is 4. The Hall–Kier alpha value is -1.77. The fourth-order valence-corrected chi connectivity index (χ4v) is 2.19. The van der Waals surface area contributed by atoms with Gasteiger partial charge in [-0.1, -0.05) is 31.1 Å². The van der Waals surface area contributed by atoms with E-state index in [1.54, 1.807) is 14.2 Å². The van der Waals surface area contributed by atoms with Crippen molar-refractivity contribution in [2.45, 2.75) is 32.7 Å². The predicted octanol–water partition coefficient (Wildman–Crippen LogP) is 3.33. The molecule has 1 aromatic carbocycles. The van der Waals surface area contributed by atoms with E-state index in [9.17, 15) is 0 Å². The van der Waals surface area contributed by atoms with E-state index in [2.05, 4.69) is 46.8 Å². The van der Waals surface area contributed by atoms with Crippen molar-refractivity contribution in [3.05, 3.63) is 47.3 Å². The number of benzene rings is 1. The number of aliphatic imine (C=N–C) groups is 1. The highest BCUT2D eigenvalue weighted by atomic mass is 127. The van der Waals surface area contributed by atoms with E-state index < -0.39 is 0 Å². The lowest BCUT2D eigenvalue weighted by atomic mass is 10.1. The van der Waals surface area contributed by atoms with Gasteiger partial charge in [0.05, 0.1) is 19.3 Å². The quantitative estimate of drug-likeness (QED) is 0.379. The normalized spacial score (nSPS) is 11.2. The molecule has 138 valence electrons. The van der Waals surface area contributed by atoms with Crippen LogP contribution in [0.1, 0.15) is 36.8 Å². The number of hydrogen-bond donors (Lipinski definition) is 2. The third kappa shape index (κ3) is 6.93. The lowest BCUT2D eigenvalue weighted by Gasteiger charge is -2.10. The lowest BCUT2D eigenvalue weighted by molar-refractivity contribution is 0.372. The maximum absolute atomic E-state index is 5.31. The predicted molar refractivity (Wildman–Crippen MR) is 111 cm³/mol. The van der Waals surface area contributed by atoms with Crippen molar-refractivity contribution >= 4 is 29.9 Å². The highest BCUT2D eigenvalue weighted by Gasteiger charge is 2.08. The van der Waals surface area contributed by atoms with E-state index in [1.807, 2.05) is 18.2 Å². The summed E-state index contributed by atoms with van der Waals surface area (Å²) >= 11 is 0. The van der Waals surface area contributed by atoms with Crippen molar-refractivity contribution in [3.63, 3.8) is 0 Å². The van der Waals surface area contributed by atoms with Gasteiger partial charge in [0.25, 0.3) is 0 Å². The van der Waals surface area contributed by atoms with E-state index in [-0.39, 0.29) is 24.0 Å². The molecule has 0 aliphatic heterocycles. The van der Waals surface area contributed by atoms with Gasteiger partial charge in [-0.3, -0.25) is 4.99 Å². The third-order valence-corrected chi connectivity index (χ3v) is 3.69. The minimum Gasteiger partial charge on any atom is -0.497 e. The largest absolute Gasteiger partial charge is 0.497 e. The summed E-state index contributed by atoms with van der Waals surface area (Å²) in [5.41, 5.74) is 2.21. The Bertz CT molecular complexity index is 653. The van der Waals surface area contributed by atoms with Gasteiger partial charge in [0.2, 0.25) is 0 Å². The summed E-state index contributed by atoms with van der Waals surface area (Å²) in [6, 6.07) is 10.1. The number of rotatable bonds is 7. The minimum absolute atomic E-state index is 0. The van der Waals surface area contributed by atoms with Gasteiger partial charge in [-0.25, -0.2) is 0 Å². The molecule has 0 atom stereocenters. The van der Waals surface area contributed by atoms with Crippen LogP contribution in [0.25, 0.3) is 0 Å². The van der Waals surface area contributed by atoms with Crippen molar-refractivity contribution in [1.29, 1.82) is 0 Å². The molecule has 0 spiro atoms. The van der Waals surface area contributed by atoms with Gasteiger partial charge in [-0.15, -0.1) is 24.0 Å². The van der Waals surface area contributed by atoms with Crippen LogP contribution in [0.5, 0.6) is 5.75 Å². The highest BCUT2D eigenvalue weighted by Crippen LogP contribution is 2.13. The number of ether oxygens (including phenoxy) is 1. The molecule has 0 saturated heterocycles. The van der Waals surface area contributed by atoms with E-state index in [0.29, 0.717) is 12.5 Å². The van der Waals surface area contributed by atoms with Gasteiger partial charge in [0, 0.05) is 19.7 Å². The van der Waals surface area contributed by atoms with Crippen molar-refractivity contribution in [1.82, 2.24) is 15.8 Å². The molecule has 0 aliphatic carbocycles. The van der Waals surface area contributed by atoms with Crippen LogP contribution in [0.4, 0.5) is 0 Å². The average Bonchev–Trinajstić information content (AvgIpc) is 3.08. The number of nitrogens with zero attached hydrogens (tertiary/aromatic N) is 2. The van der Waals surface area contributed by atoms with Gasteiger partial charge >= 0.3 is 0 Å². The molecule has 2 rings (SSSR count). The summed E-state index contributed by atoms with van der Waals surface area (Å²) in [5.74, 6) is 2.78. The number of methoxy groups -OCH3 is 1. The van der Waals surface area contributed by atoms with Crippen LogP contribution in [0.2, 0.25) is 0 Å². The molecule has 0 radical (unpaired) electrons. The first-order chi connectivity index (χ1) is 11.6. The monoisotopic (exact) mass is 458 g/mol. The first kappa shape index (κ1) is 21.3. The van der Waals surface area contributed by atoms with Crippen molar-refractivity contribution in [2.75, 3.05) is 20.7 Å². The molecule has 2 N–H and O–H groups in total. The summed E-state index contributed by atoms with van der Waals surface area (Å²) in [7, 11) is 3.42. The van der Waals surface area contributed by atoms with Crippen molar-refractivity contribution in [3.8, 4) is 5.75 Å². The number of halogens is 1. The Labute approximate surface area is 166 Å². The van der Waals surface area contributed by atoms with Crippen LogP contribution in [0, 0.1) is 0 Å². The zero-order chi connectivity index (χ0) is 17.4. The Morgan fingerprint density at radius 2 is 1.96 bits per heavy atom. The number of aromatic nitrogens is 1. The van der Waals surface area contributed by atoms with E-state index in [1.165, 1.54) is 5.56 Å². The number of guanidine groups is 1. The standard InChI is InChI=1S/C18H26N4O2.HI/c1-13(2)17-11-16(24-22-17)12-21-18(19-3)20-10-9-14-5-7-15(23-4)8-6-14;/h5-8,11,13H,9-10,12H2,1-4H3,(H2,19,20,21);1H. The molecule has 2 aromatic rings. The Morgan fingerprint density at radius 1 is 1.24 bits per heavy atom. The van der Waals surface area contributed by atoms with Crippen LogP contribution in [0.3, 0.4) is 0 Å². The topological polar surface area (TPSA) is 71.7 Å². The van der Waals surface area contributed by atoms with Crippen molar-refractivity contribution in [2.24, 2.45) is 4.99 Å². The lowest BCUT2D eigenvalue weighted by Crippen LogP contribution is -2.37. The molecule has 1 aromatic heterocycles. The van der Waals surface area contributed by atoms with E-state index >= 15 is 0 Å². The molecular formula is C18H27IN4O2. The second kappa shape index (κ2) is 11.0. The smallest absolute Gasteiger partial charge is 0.191 e. The Kier molecular flexibility index (Phi) is 9.33. The van der Waals surface area contributed by atoms with Crippen LogP contribution in [0.15, 0.2) is 39.8 Å². The Balaban J connectivity index is 0.00000312. The summed E-state index contributed by atoms with van der Waals surface area (Å²) in [6.45, 7) is 5.53. The summed E-state index contributed by atoms with van der Waals surface area (Å²) in [4.78, 5) is 4.22. The molecule has 25 heavy (non-hydrogen) atoms. The van der Waals surface area contributed by atoms with Gasteiger partial charge in [0.15, 0.2) is 11.7 Å². The molecule has 7 heteroatoms. The molecule has 0 saturated carbocycles. The van der Waals surface area contributed by atoms with Crippen LogP contribution < -0.4 is 15.4 Å². The molecule has 0 aliphatic rings. The SMILES string of the molecule is CN=C(NCCc1ccc(OC)cc1)NCc1cc(C(C)C)no1.I. The molecule has 6 nitrogen and oxygen atoms in total. The van der Waals surface area contributed by atoms with Crippen LogP contribution in [-0.4, -0.2) is 31.8 Å². The zero-order valence-electron chi connectivity index (χ0n) is 15.2. The fraction of sp³-hybridized carbons (Fsp3) is 0.444. The van der Waals surface area contributed by atoms with E-state index in [0.717, 1.165) is 36.1 Å². The fourth-order valence-electron chi connectivity index (χ4n) is 2.19. The molecule has 0 amide bonds. The summed E-state index contributed by atoms with van der Waals surface area (Å²) in [5, 5.41) is 10.6. The van der Waals surface area contributed by atoms with Gasteiger partial charge < -0.3 is 19.9 Å². The van der Waals surface area contributed by atoms with Gasteiger partial charge in [-0.05, 0) is 30.0 Å². The second-order valence-corrected chi connectivity index (χ2v) is 5.82. The summed E-state index contributed by atoms with van der Waals surface area (Å²) in [6.07, 6.45) is 0.907. The maximum atomic E-state index is 5.31. The maximum Gasteiger partial charge on any atom is 0.191 e. The minimum atomic E-state index is 0. The molecule has 0 unspecified atom stereocenters. The molecular weight excluding hydrogens is 431 g/mol. The van der Waals surface area contributed by atoms with Gasteiger partial charge in [0.1, 0.15) is 5.75 Å². The summed E-state index contributed by atoms with van der Waals surface area (Å²) < 4.78 is 10.5. The van der Waals surface area contributed by atoms with Crippen LogP contribution in [-0.2, 0) is 13.0 Å². The molecule has 0 fully saturated rings. The molecule has 0 bridgehead atoms. The Morgan fingerprint density at radius 3 is 2.52 bits per heavy atom. The van der Waals surface area contributed by atoms with Gasteiger partial charge in [-0.2, -0.15) is 0 Å². The van der Waals surface area contributed by atoms with Crippen molar-refractivity contribution < 1.29 is 9.26 Å². The van der Waals surface area contributed by atoms with E-state index in [4.69, 9.17) is 9.26 Å². The number of nitrogens with one attached hydrogen (secondary N) is 2. The third-order valence-electron chi connectivity index (χ3n) is 3.69. The first-order valence-corrected chi connectivity index (χ1v) is 8.15. The average molecular weight is 458 g/mol. The highest BCUT2D eigenvalue weighted by molar-refractivity contribution is 14.0.